The summed E-state index contributed by atoms with van der Waals surface area (Å²) in [6.45, 7) is 15.7. The van der Waals surface area contributed by atoms with Crippen LogP contribution < -0.4 is 0 Å². The molecule has 1 unspecified atom stereocenters. The molecular formula is C15H32N2. The lowest BCUT2D eigenvalue weighted by molar-refractivity contribution is 0.0993. The number of hydrogen-bond acceptors (Lipinski definition) is 2. The van der Waals surface area contributed by atoms with Crippen LogP contribution in [0.3, 0.4) is 0 Å². The number of nitrogens with zero attached hydrogens (tertiary/aromatic N) is 2. The highest BCUT2D eigenvalue weighted by molar-refractivity contribution is 4.75. The van der Waals surface area contributed by atoms with Gasteiger partial charge in [0.05, 0.1) is 0 Å². The van der Waals surface area contributed by atoms with Gasteiger partial charge in [-0.25, -0.2) is 0 Å². The van der Waals surface area contributed by atoms with Crippen LogP contribution in [0.1, 0.15) is 53.4 Å². The average Bonchev–Trinajstić information content (AvgIpc) is 2.34. The standard InChI is InChI=1S/C15H32N2/c1-5-15(4)17-12-10-16(11-13-17)9-7-6-8-14(2)3/h14-15H,5-13H2,1-4H3. The first kappa shape index (κ1) is 15.0. The smallest absolute Gasteiger partial charge is 0.0113 e. The first-order chi connectivity index (χ1) is 8.13. The Labute approximate surface area is 108 Å². The van der Waals surface area contributed by atoms with Crippen molar-refractivity contribution in [1.82, 2.24) is 9.80 Å². The van der Waals surface area contributed by atoms with Gasteiger partial charge >= 0.3 is 0 Å². The Bertz CT molecular complexity index is 183. The Morgan fingerprint density at radius 1 is 0.941 bits per heavy atom. The summed E-state index contributed by atoms with van der Waals surface area (Å²) in [7, 11) is 0. The van der Waals surface area contributed by atoms with Gasteiger partial charge in [-0.1, -0.05) is 33.6 Å². The van der Waals surface area contributed by atoms with Crippen LogP contribution >= 0.6 is 0 Å². The topological polar surface area (TPSA) is 6.48 Å². The summed E-state index contributed by atoms with van der Waals surface area (Å²) >= 11 is 0. The molecular weight excluding hydrogens is 208 g/mol. The molecule has 0 bridgehead atoms. The van der Waals surface area contributed by atoms with Crippen LogP contribution in [-0.4, -0.2) is 48.6 Å². The molecule has 0 saturated carbocycles. The van der Waals surface area contributed by atoms with Crippen molar-refractivity contribution in [2.75, 3.05) is 32.7 Å². The molecule has 1 saturated heterocycles. The number of rotatable bonds is 7. The molecule has 0 aromatic rings. The Kier molecular flexibility index (Phi) is 7.14. The second kappa shape index (κ2) is 8.10. The van der Waals surface area contributed by atoms with E-state index in [0.29, 0.717) is 0 Å². The Morgan fingerprint density at radius 2 is 1.59 bits per heavy atom. The third kappa shape index (κ3) is 5.87. The van der Waals surface area contributed by atoms with Crippen LogP contribution in [-0.2, 0) is 0 Å². The third-order valence-electron chi connectivity index (χ3n) is 4.13. The Hall–Kier alpha value is -0.0800. The summed E-state index contributed by atoms with van der Waals surface area (Å²) in [4.78, 5) is 5.30. The monoisotopic (exact) mass is 240 g/mol. The molecule has 1 atom stereocenters. The lowest BCUT2D eigenvalue weighted by Gasteiger charge is -2.37. The zero-order valence-corrected chi connectivity index (χ0v) is 12.4. The molecule has 1 rings (SSSR count). The molecule has 0 N–H and O–H groups in total. The fraction of sp³-hybridized carbons (Fsp3) is 1.00. The first-order valence-electron chi connectivity index (χ1n) is 7.59. The number of unbranched alkanes of at least 4 members (excludes halogenated alkanes) is 1. The molecule has 17 heavy (non-hydrogen) atoms. The van der Waals surface area contributed by atoms with Crippen molar-refractivity contribution < 1.29 is 0 Å². The maximum atomic E-state index is 2.65. The van der Waals surface area contributed by atoms with Gasteiger partial charge in [-0.05, 0) is 32.2 Å². The first-order valence-corrected chi connectivity index (χ1v) is 7.59. The van der Waals surface area contributed by atoms with Gasteiger partial charge in [-0.2, -0.15) is 0 Å². The maximum Gasteiger partial charge on any atom is 0.0113 e. The van der Waals surface area contributed by atoms with Gasteiger partial charge in [0.2, 0.25) is 0 Å². The fourth-order valence-corrected chi connectivity index (χ4v) is 2.57. The molecule has 1 heterocycles. The second-order valence-corrected chi connectivity index (χ2v) is 6.02. The quantitative estimate of drug-likeness (QED) is 0.630. The highest BCUT2D eigenvalue weighted by Gasteiger charge is 2.19. The predicted octanol–water partition coefficient (Wildman–Crippen LogP) is 3.23. The van der Waals surface area contributed by atoms with E-state index in [9.17, 15) is 0 Å². The van der Waals surface area contributed by atoms with Gasteiger partial charge in [0.25, 0.3) is 0 Å². The minimum atomic E-state index is 0.776. The number of piperazine rings is 1. The van der Waals surface area contributed by atoms with Crippen molar-refractivity contribution in [1.29, 1.82) is 0 Å². The van der Waals surface area contributed by atoms with Gasteiger partial charge in [-0.15, -0.1) is 0 Å². The fourth-order valence-electron chi connectivity index (χ4n) is 2.57. The van der Waals surface area contributed by atoms with Crippen LogP contribution in [0.2, 0.25) is 0 Å². The summed E-state index contributed by atoms with van der Waals surface area (Å²) in [6, 6.07) is 0.776. The van der Waals surface area contributed by atoms with Crippen molar-refractivity contribution in [3.05, 3.63) is 0 Å². The van der Waals surface area contributed by atoms with Crippen molar-refractivity contribution in [2.45, 2.75) is 59.4 Å². The van der Waals surface area contributed by atoms with Gasteiger partial charge in [0.1, 0.15) is 0 Å². The molecule has 2 nitrogen and oxygen atoms in total. The Morgan fingerprint density at radius 3 is 2.12 bits per heavy atom. The van der Waals surface area contributed by atoms with Gasteiger partial charge in [0.15, 0.2) is 0 Å². The summed E-state index contributed by atoms with van der Waals surface area (Å²) < 4.78 is 0. The highest BCUT2D eigenvalue weighted by Crippen LogP contribution is 2.11. The molecule has 0 aromatic carbocycles. The molecule has 102 valence electrons. The van der Waals surface area contributed by atoms with E-state index < -0.39 is 0 Å². The number of hydrogen-bond donors (Lipinski definition) is 0. The largest absolute Gasteiger partial charge is 0.301 e. The van der Waals surface area contributed by atoms with Crippen LogP contribution in [0.4, 0.5) is 0 Å². The van der Waals surface area contributed by atoms with E-state index in [4.69, 9.17) is 0 Å². The molecule has 0 aromatic heterocycles. The molecule has 0 radical (unpaired) electrons. The molecule has 1 aliphatic rings. The van der Waals surface area contributed by atoms with E-state index in [1.54, 1.807) is 0 Å². The van der Waals surface area contributed by atoms with E-state index in [2.05, 4.69) is 37.5 Å². The van der Waals surface area contributed by atoms with Crippen LogP contribution in [0, 0.1) is 5.92 Å². The molecule has 0 spiro atoms. The summed E-state index contributed by atoms with van der Waals surface area (Å²) in [6.07, 6.45) is 5.48. The minimum Gasteiger partial charge on any atom is -0.301 e. The zero-order valence-electron chi connectivity index (χ0n) is 12.4. The lowest BCUT2D eigenvalue weighted by atomic mass is 10.1. The summed E-state index contributed by atoms with van der Waals surface area (Å²) in [5.41, 5.74) is 0. The summed E-state index contributed by atoms with van der Waals surface area (Å²) in [5, 5.41) is 0. The molecule has 2 heteroatoms. The Balaban J connectivity index is 2.07. The van der Waals surface area contributed by atoms with Gasteiger partial charge in [0, 0.05) is 32.2 Å². The van der Waals surface area contributed by atoms with Gasteiger partial charge in [-0.3, -0.25) is 4.90 Å². The third-order valence-corrected chi connectivity index (χ3v) is 4.13. The SMILES string of the molecule is CCC(C)N1CCN(CCCCC(C)C)CC1. The van der Waals surface area contributed by atoms with Crippen molar-refractivity contribution in [3.63, 3.8) is 0 Å². The summed E-state index contributed by atoms with van der Waals surface area (Å²) in [5.74, 6) is 0.872. The normalized spacial score (nSPS) is 21.0. The van der Waals surface area contributed by atoms with E-state index in [-0.39, 0.29) is 0 Å². The average molecular weight is 240 g/mol. The van der Waals surface area contributed by atoms with Crippen molar-refractivity contribution >= 4 is 0 Å². The van der Waals surface area contributed by atoms with Gasteiger partial charge < -0.3 is 4.90 Å². The molecule has 0 aliphatic carbocycles. The zero-order chi connectivity index (χ0) is 12.7. The van der Waals surface area contributed by atoms with Crippen molar-refractivity contribution in [2.24, 2.45) is 5.92 Å². The van der Waals surface area contributed by atoms with Crippen LogP contribution in [0.15, 0.2) is 0 Å². The van der Waals surface area contributed by atoms with E-state index in [0.717, 1.165) is 12.0 Å². The van der Waals surface area contributed by atoms with E-state index >= 15 is 0 Å². The molecule has 0 amide bonds. The van der Waals surface area contributed by atoms with E-state index in [1.165, 1.54) is 58.4 Å². The lowest BCUT2D eigenvalue weighted by Crippen LogP contribution is -2.49. The second-order valence-electron chi connectivity index (χ2n) is 6.02. The van der Waals surface area contributed by atoms with E-state index in [1.807, 2.05) is 0 Å². The minimum absolute atomic E-state index is 0.776. The highest BCUT2D eigenvalue weighted by atomic mass is 15.3. The van der Waals surface area contributed by atoms with Crippen LogP contribution in [0.5, 0.6) is 0 Å². The molecule has 1 aliphatic heterocycles. The predicted molar refractivity (Wildman–Crippen MR) is 76.5 cm³/mol. The van der Waals surface area contributed by atoms with Crippen molar-refractivity contribution in [3.8, 4) is 0 Å². The maximum absolute atomic E-state index is 2.65. The van der Waals surface area contributed by atoms with Crippen LogP contribution in [0.25, 0.3) is 0 Å². The molecule has 1 fully saturated rings.